The lowest BCUT2D eigenvalue weighted by Crippen LogP contribution is -2.39. The smallest absolute Gasteiger partial charge is 0.334 e. The molecule has 2 atom stereocenters. The van der Waals surface area contributed by atoms with Crippen LogP contribution >= 0.6 is 0 Å². The number of hydrogen-bond donors (Lipinski definition) is 3. The minimum atomic E-state index is -1.55. The topological polar surface area (TPSA) is 86.6 Å². The molecule has 102 valence electrons. The summed E-state index contributed by atoms with van der Waals surface area (Å²) in [5.41, 5.74) is 2.18. The number of aliphatic hydroxyl groups is 1. The molecule has 1 aromatic rings. The number of carbonyl (C=O) groups is 2. The van der Waals surface area contributed by atoms with Gasteiger partial charge in [-0.2, -0.15) is 0 Å². The highest BCUT2D eigenvalue weighted by molar-refractivity contribution is 5.85. The summed E-state index contributed by atoms with van der Waals surface area (Å²) < 4.78 is 0. The Bertz CT molecular complexity index is 486. The normalized spacial score (nSPS) is 19.3. The van der Waals surface area contributed by atoms with Crippen LogP contribution in [0, 0.1) is 0 Å². The predicted octanol–water partition coefficient (Wildman–Crippen LogP) is 0.668. The van der Waals surface area contributed by atoms with Gasteiger partial charge in [0, 0.05) is 0 Å². The summed E-state index contributed by atoms with van der Waals surface area (Å²) in [6.45, 7) is -0.257. The fourth-order valence-corrected chi connectivity index (χ4v) is 2.43. The first kappa shape index (κ1) is 13.5. The highest BCUT2D eigenvalue weighted by Crippen LogP contribution is 2.31. The summed E-state index contributed by atoms with van der Waals surface area (Å²) in [5, 5.41) is 20.2. The molecule has 5 nitrogen and oxygen atoms in total. The van der Waals surface area contributed by atoms with E-state index in [2.05, 4.69) is 5.32 Å². The lowest BCUT2D eigenvalue weighted by molar-refractivity contribution is -0.146. The molecule has 0 spiro atoms. The molecule has 0 aliphatic heterocycles. The van der Waals surface area contributed by atoms with Crippen molar-refractivity contribution in [3.63, 3.8) is 0 Å². The Labute approximate surface area is 111 Å². The maximum atomic E-state index is 12.1. The average Bonchev–Trinajstić information content (AvgIpc) is 2.43. The van der Waals surface area contributed by atoms with Crippen LogP contribution in [0.1, 0.15) is 29.9 Å². The van der Waals surface area contributed by atoms with E-state index in [1.807, 2.05) is 24.3 Å². The minimum Gasteiger partial charge on any atom is -0.479 e. The molecule has 3 N–H and O–H groups in total. The number of hydrogen-bond acceptors (Lipinski definition) is 3. The van der Waals surface area contributed by atoms with Gasteiger partial charge >= 0.3 is 5.97 Å². The van der Waals surface area contributed by atoms with E-state index in [4.69, 9.17) is 10.2 Å². The number of benzene rings is 1. The Morgan fingerprint density at radius 3 is 2.84 bits per heavy atom. The van der Waals surface area contributed by atoms with E-state index in [-0.39, 0.29) is 18.4 Å². The standard InChI is InChI=1S/C14H17NO4/c16-12(14(18)19)8-15-13(17)11-7-3-5-9-4-1-2-6-10(9)11/h1-2,4,6,11-12,16H,3,5,7-8H2,(H,15,17)(H,18,19). The number of carbonyl (C=O) groups excluding carboxylic acids is 1. The van der Waals surface area contributed by atoms with Crippen molar-refractivity contribution in [1.82, 2.24) is 5.32 Å². The van der Waals surface area contributed by atoms with Gasteiger partial charge in [0.25, 0.3) is 0 Å². The SMILES string of the molecule is O=C(O)C(O)CNC(=O)C1CCCc2ccccc21. The second kappa shape index (κ2) is 5.84. The summed E-state index contributed by atoms with van der Waals surface area (Å²) in [4.78, 5) is 22.6. The molecule has 19 heavy (non-hydrogen) atoms. The maximum absolute atomic E-state index is 12.1. The lowest BCUT2D eigenvalue weighted by Gasteiger charge is -2.24. The van der Waals surface area contributed by atoms with Gasteiger partial charge < -0.3 is 15.5 Å². The molecule has 1 amide bonds. The third kappa shape index (κ3) is 3.12. The molecule has 0 aromatic heterocycles. The van der Waals surface area contributed by atoms with E-state index in [1.165, 1.54) is 5.56 Å². The van der Waals surface area contributed by atoms with Gasteiger partial charge in [-0.3, -0.25) is 4.79 Å². The van der Waals surface area contributed by atoms with Crippen molar-refractivity contribution in [2.45, 2.75) is 31.3 Å². The zero-order chi connectivity index (χ0) is 13.8. The molecule has 1 aromatic carbocycles. The fraction of sp³-hybridized carbons (Fsp3) is 0.429. The Hall–Kier alpha value is -1.88. The van der Waals surface area contributed by atoms with Gasteiger partial charge in [0.1, 0.15) is 0 Å². The number of carboxylic acids is 1. The van der Waals surface area contributed by atoms with Crippen molar-refractivity contribution < 1.29 is 19.8 Å². The Balaban J connectivity index is 2.03. The van der Waals surface area contributed by atoms with Crippen LogP contribution in [0.4, 0.5) is 0 Å². The first-order chi connectivity index (χ1) is 9.09. The Morgan fingerprint density at radius 2 is 2.11 bits per heavy atom. The van der Waals surface area contributed by atoms with Crippen LogP contribution in [-0.4, -0.2) is 34.7 Å². The Morgan fingerprint density at radius 1 is 1.37 bits per heavy atom. The molecule has 5 heteroatoms. The molecular formula is C14H17NO4. The molecule has 2 rings (SSSR count). The van der Waals surface area contributed by atoms with Crippen molar-refractivity contribution >= 4 is 11.9 Å². The second-order valence-electron chi connectivity index (χ2n) is 4.74. The summed E-state index contributed by atoms with van der Waals surface area (Å²) in [6, 6.07) is 7.80. The number of aryl methyl sites for hydroxylation is 1. The van der Waals surface area contributed by atoms with Crippen molar-refractivity contribution in [2.24, 2.45) is 0 Å². The van der Waals surface area contributed by atoms with Gasteiger partial charge in [0.05, 0.1) is 12.5 Å². The first-order valence-electron chi connectivity index (χ1n) is 6.36. The number of nitrogens with one attached hydrogen (secondary N) is 1. The van der Waals surface area contributed by atoms with Crippen LogP contribution in [0.15, 0.2) is 24.3 Å². The summed E-state index contributed by atoms with van der Waals surface area (Å²) in [6.07, 6.45) is 1.11. The number of aliphatic hydroxyl groups excluding tert-OH is 1. The monoisotopic (exact) mass is 263 g/mol. The number of carboxylic acid groups (broad SMARTS) is 1. The molecule has 0 saturated heterocycles. The van der Waals surface area contributed by atoms with E-state index in [0.717, 1.165) is 24.8 Å². The highest BCUT2D eigenvalue weighted by Gasteiger charge is 2.26. The van der Waals surface area contributed by atoms with E-state index >= 15 is 0 Å². The molecule has 1 aliphatic carbocycles. The van der Waals surface area contributed by atoms with E-state index in [1.54, 1.807) is 0 Å². The van der Waals surface area contributed by atoms with E-state index < -0.39 is 12.1 Å². The highest BCUT2D eigenvalue weighted by atomic mass is 16.4. The summed E-state index contributed by atoms with van der Waals surface area (Å²) in [5.74, 6) is -1.79. The van der Waals surface area contributed by atoms with Gasteiger partial charge in [0.15, 0.2) is 6.10 Å². The van der Waals surface area contributed by atoms with Crippen molar-refractivity contribution in [2.75, 3.05) is 6.54 Å². The number of rotatable bonds is 4. The molecule has 0 heterocycles. The number of fused-ring (bicyclic) bond motifs is 1. The quantitative estimate of drug-likeness (QED) is 0.745. The van der Waals surface area contributed by atoms with E-state index in [9.17, 15) is 9.59 Å². The maximum Gasteiger partial charge on any atom is 0.334 e. The van der Waals surface area contributed by atoms with Crippen LogP contribution in [0.25, 0.3) is 0 Å². The molecule has 0 radical (unpaired) electrons. The third-order valence-electron chi connectivity index (χ3n) is 3.44. The van der Waals surface area contributed by atoms with Crippen LogP contribution < -0.4 is 5.32 Å². The second-order valence-corrected chi connectivity index (χ2v) is 4.74. The van der Waals surface area contributed by atoms with Crippen LogP contribution in [0.2, 0.25) is 0 Å². The number of aliphatic carboxylic acids is 1. The molecule has 0 bridgehead atoms. The van der Waals surface area contributed by atoms with Gasteiger partial charge in [0.2, 0.25) is 5.91 Å². The van der Waals surface area contributed by atoms with Gasteiger partial charge in [-0.1, -0.05) is 24.3 Å². The molecule has 0 fully saturated rings. The summed E-state index contributed by atoms with van der Waals surface area (Å²) in [7, 11) is 0. The van der Waals surface area contributed by atoms with Gasteiger partial charge in [-0.15, -0.1) is 0 Å². The lowest BCUT2D eigenvalue weighted by atomic mass is 9.82. The van der Waals surface area contributed by atoms with Crippen LogP contribution in [-0.2, 0) is 16.0 Å². The largest absolute Gasteiger partial charge is 0.479 e. The summed E-state index contributed by atoms with van der Waals surface area (Å²) >= 11 is 0. The zero-order valence-electron chi connectivity index (χ0n) is 10.5. The van der Waals surface area contributed by atoms with Crippen LogP contribution in [0.3, 0.4) is 0 Å². The molecule has 2 unspecified atom stereocenters. The molecule has 0 saturated carbocycles. The zero-order valence-corrected chi connectivity index (χ0v) is 10.5. The molecule has 1 aliphatic rings. The van der Waals surface area contributed by atoms with Gasteiger partial charge in [-0.25, -0.2) is 4.79 Å². The van der Waals surface area contributed by atoms with Crippen molar-refractivity contribution in [3.05, 3.63) is 35.4 Å². The van der Waals surface area contributed by atoms with E-state index in [0.29, 0.717) is 0 Å². The van der Waals surface area contributed by atoms with Crippen molar-refractivity contribution in [1.29, 1.82) is 0 Å². The fourth-order valence-electron chi connectivity index (χ4n) is 2.43. The van der Waals surface area contributed by atoms with Gasteiger partial charge in [-0.05, 0) is 30.4 Å². The Kier molecular flexibility index (Phi) is 4.16. The first-order valence-corrected chi connectivity index (χ1v) is 6.36. The molecular weight excluding hydrogens is 246 g/mol. The number of amides is 1. The van der Waals surface area contributed by atoms with Crippen molar-refractivity contribution in [3.8, 4) is 0 Å². The predicted molar refractivity (Wildman–Crippen MR) is 68.8 cm³/mol. The third-order valence-corrected chi connectivity index (χ3v) is 3.44. The average molecular weight is 263 g/mol. The minimum absolute atomic E-state index is 0.215. The van der Waals surface area contributed by atoms with Crippen LogP contribution in [0.5, 0.6) is 0 Å².